The first kappa shape index (κ1) is 16.3. The van der Waals surface area contributed by atoms with E-state index < -0.39 is 22.7 Å². The molecule has 0 spiro atoms. The van der Waals surface area contributed by atoms with Crippen LogP contribution in [0.3, 0.4) is 0 Å². The normalized spacial score (nSPS) is 15.6. The number of urea groups is 1. The van der Waals surface area contributed by atoms with Crippen molar-refractivity contribution in [3.05, 3.63) is 81.3 Å². The molecule has 0 atom stereocenters. The fourth-order valence-electron chi connectivity index (χ4n) is 2.37. The summed E-state index contributed by atoms with van der Waals surface area (Å²) in [4.78, 5) is 35.3. The Bertz CT molecular complexity index is 893. The number of rotatable bonds is 4. The van der Waals surface area contributed by atoms with Gasteiger partial charge in [-0.2, -0.15) is 0 Å². The maximum atomic E-state index is 13.7. The first-order valence-corrected chi connectivity index (χ1v) is 7.28. The Morgan fingerprint density at radius 1 is 1.12 bits per heavy atom. The zero-order valence-corrected chi connectivity index (χ0v) is 12.8. The quantitative estimate of drug-likeness (QED) is 0.400. The Morgan fingerprint density at radius 3 is 2.44 bits per heavy atom. The zero-order valence-electron chi connectivity index (χ0n) is 12.8. The number of nitrogens with one attached hydrogen (secondary N) is 1. The van der Waals surface area contributed by atoms with Crippen LogP contribution in [0.2, 0.25) is 0 Å². The van der Waals surface area contributed by atoms with Crippen molar-refractivity contribution in [1.29, 1.82) is 0 Å². The maximum absolute atomic E-state index is 13.7. The van der Waals surface area contributed by atoms with Crippen LogP contribution in [-0.4, -0.2) is 21.8 Å². The molecule has 0 bridgehead atoms. The van der Waals surface area contributed by atoms with Crippen LogP contribution in [0.25, 0.3) is 6.08 Å². The molecule has 0 aliphatic carbocycles. The topological polar surface area (TPSA) is 92.5 Å². The van der Waals surface area contributed by atoms with Gasteiger partial charge in [0.25, 0.3) is 11.6 Å². The van der Waals surface area contributed by atoms with Crippen LogP contribution in [0, 0.1) is 15.9 Å². The van der Waals surface area contributed by atoms with Gasteiger partial charge in [-0.3, -0.25) is 19.8 Å². The summed E-state index contributed by atoms with van der Waals surface area (Å²) in [6.07, 6.45) is 1.41. The van der Waals surface area contributed by atoms with E-state index in [1.165, 1.54) is 48.5 Å². The fourth-order valence-corrected chi connectivity index (χ4v) is 2.37. The van der Waals surface area contributed by atoms with Crippen LogP contribution >= 0.6 is 0 Å². The molecule has 1 heterocycles. The molecular formula is C17H12FN3O4. The van der Waals surface area contributed by atoms with E-state index in [1.807, 2.05) is 0 Å². The number of nitro groups is 1. The molecule has 2 aromatic carbocycles. The molecule has 0 aromatic heterocycles. The Hall–Kier alpha value is -3.55. The molecule has 1 N–H and O–H groups in total. The average molecular weight is 341 g/mol. The Morgan fingerprint density at radius 2 is 1.80 bits per heavy atom. The van der Waals surface area contributed by atoms with E-state index in [0.29, 0.717) is 5.56 Å². The minimum absolute atomic E-state index is 0.0233. The summed E-state index contributed by atoms with van der Waals surface area (Å²) in [5.74, 6) is -1.09. The van der Waals surface area contributed by atoms with Gasteiger partial charge in [-0.15, -0.1) is 0 Å². The molecular weight excluding hydrogens is 329 g/mol. The number of carbonyl (C=O) groups excluding carboxylic acids is 2. The monoisotopic (exact) mass is 341 g/mol. The van der Waals surface area contributed by atoms with Crippen LogP contribution in [0.1, 0.15) is 11.1 Å². The Kier molecular flexibility index (Phi) is 4.25. The Labute approximate surface area is 141 Å². The van der Waals surface area contributed by atoms with E-state index in [4.69, 9.17) is 0 Å². The van der Waals surface area contributed by atoms with E-state index in [2.05, 4.69) is 5.32 Å². The van der Waals surface area contributed by atoms with E-state index >= 15 is 0 Å². The molecule has 126 valence electrons. The average Bonchev–Trinajstić information content (AvgIpc) is 2.85. The van der Waals surface area contributed by atoms with Gasteiger partial charge in [0.2, 0.25) is 0 Å². The fraction of sp³-hybridized carbons (Fsp3) is 0.0588. The lowest BCUT2D eigenvalue weighted by atomic mass is 10.1. The highest BCUT2D eigenvalue weighted by molar-refractivity contribution is 6.13. The summed E-state index contributed by atoms with van der Waals surface area (Å²) in [5, 5.41) is 13.1. The first-order valence-electron chi connectivity index (χ1n) is 7.28. The predicted molar refractivity (Wildman–Crippen MR) is 86.6 cm³/mol. The number of halogens is 1. The van der Waals surface area contributed by atoms with Gasteiger partial charge >= 0.3 is 6.03 Å². The number of carbonyl (C=O) groups is 2. The smallest absolute Gasteiger partial charge is 0.303 e. The molecule has 0 saturated carbocycles. The molecule has 3 rings (SSSR count). The van der Waals surface area contributed by atoms with Gasteiger partial charge < -0.3 is 5.32 Å². The number of nitro benzene ring substituents is 1. The second kappa shape index (κ2) is 6.52. The highest BCUT2D eigenvalue weighted by Crippen LogP contribution is 2.19. The molecule has 8 heteroatoms. The highest BCUT2D eigenvalue weighted by atomic mass is 19.1. The number of benzene rings is 2. The third-order valence-electron chi connectivity index (χ3n) is 3.66. The summed E-state index contributed by atoms with van der Waals surface area (Å²) in [5.41, 5.74) is 0.685. The molecule has 0 unspecified atom stereocenters. The summed E-state index contributed by atoms with van der Waals surface area (Å²) in [6, 6.07) is 10.7. The minimum atomic E-state index is -0.651. The van der Waals surface area contributed by atoms with Gasteiger partial charge in [0.1, 0.15) is 11.5 Å². The van der Waals surface area contributed by atoms with Gasteiger partial charge in [-0.25, -0.2) is 9.18 Å². The molecule has 25 heavy (non-hydrogen) atoms. The van der Waals surface area contributed by atoms with Gasteiger partial charge in [-0.05, 0) is 29.8 Å². The van der Waals surface area contributed by atoms with Crippen molar-refractivity contribution >= 4 is 23.7 Å². The number of hydrogen-bond donors (Lipinski definition) is 1. The minimum Gasteiger partial charge on any atom is -0.303 e. The second-order valence-corrected chi connectivity index (χ2v) is 5.32. The summed E-state index contributed by atoms with van der Waals surface area (Å²) in [6.45, 7) is -0.186. The van der Waals surface area contributed by atoms with E-state index in [0.717, 1.165) is 4.90 Å². The highest BCUT2D eigenvalue weighted by Gasteiger charge is 2.33. The molecule has 1 fully saturated rings. The molecule has 1 aliphatic rings. The zero-order chi connectivity index (χ0) is 18.0. The third kappa shape index (κ3) is 3.37. The lowest BCUT2D eigenvalue weighted by molar-refractivity contribution is -0.384. The molecule has 1 saturated heterocycles. The SMILES string of the molecule is O=C1N/C(=C\c2ccc([N+](=O)[O-])cc2)C(=O)N1Cc1ccccc1F. The van der Waals surface area contributed by atoms with Crippen LogP contribution in [0.4, 0.5) is 14.9 Å². The van der Waals surface area contributed by atoms with E-state index in [1.54, 1.807) is 6.07 Å². The van der Waals surface area contributed by atoms with Crippen molar-refractivity contribution in [2.24, 2.45) is 0 Å². The lowest BCUT2D eigenvalue weighted by Crippen LogP contribution is -2.30. The number of hydrogen-bond acceptors (Lipinski definition) is 4. The van der Waals surface area contributed by atoms with Crippen LogP contribution in [0.5, 0.6) is 0 Å². The van der Waals surface area contributed by atoms with Gasteiger partial charge in [-0.1, -0.05) is 18.2 Å². The predicted octanol–water partition coefficient (Wildman–Crippen LogP) is 2.83. The van der Waals surface area contributed by atoms with Gasteiger partial charge in [0.05, 0.1) is 11.5 Å². The molecule has 7 nitrogen and oxygen atoms in total. The number of imide groups is 1. The maximum Gasteiger partial charge on any atom is 0.329 e. The number of non-ortho nitro benzene ring substituents is 1. The van der Waals surface area contributed by atoms with Crippen molar-refractivity contribution in [2.45, 2.75) is 6.54 Å². The second-order valence-electron chi connectivity index (χ2n) is 5.32. The summed E-state index contributed by atoms with van der Waals surface area (Å²) < 4.78 is 13.7. The van der Waals surface area contributed by atoms with Crippen molar-refractivity contribution in [3.63, 3.8) is 0 Å². The molecule has 1 aliphatic heterocycles. The van der Waals surface area contributed by atoms with Crippen molar-refractivity contribution in [1.82, 2.24) is 10.2 Å². The Balaban J connectivity index is 1.81. The van der Waals surface area contributed by atoms with Gasteiger partial charge in [0.15, 0.2) is 0 Å². The largest absolute Gasteiger partial charge is 0.329 e. The van der Waals surface area contributed by atoms with Crippen molar-refractivity contribution in [3.8, 4) is 0 Å². The lowest BCUT2D eigenvalue weighted by Gasteiger charge is -2.12. The first-order chi connectivity index (χ1) is 12.0. The van der Waals surface area contributed by atoms with E-state index in [-0.39, 0.29) is 23.5 Å². The summed E-state index contributed by atoms with van der Waals surface area (Å²) in [7, 11) is 0. The van der Waals surface area contributed by atoms with Crippen LogP contribution < -0.4 is 5.32 Å². The number of nitrogens with zero attached hydrogens (tertiary/aromatic N) is 2. The van der Waals surface area contributed by atoms with Gasteiger partial charge in [0, 0.05) is 17.7 Å². The van der Waals surface area contributed by atoms with Crippen LogP contribution in [-0.2, 0) is 11.3 Å². The standard InChI is InChI=1S/C17H12FN3O4/c18-14-4-2-1-3-12(14)10-20-16(22)15(19-17(20)23)9-11-5-7-13(8-6-11)21(24)25/h1-9H,10H2,(H,19,23)/b15-9-. The molecule has 3 amide bonds. The third-order valence-corrected chi connectivity index (χ3v) is 3.66. The van der Waals surface area contributed by atoms with Crippen molar-refractivity contribution in [2.75, 3.05) is 0 Å². The van der Waals surface area contributed by atoms with Crippen LogP contribution in [0.15, 0.2) is 54.2 Å². The summed E-state index contributed by atoms with van der Waals surface area (Å²) >= 11 is 0. The van der Waals surface area contributed by atoms with Crippen molar-refractivity contribution < 1.29 is 18.9 Å². The number of amides is 3. The molecule has 2 aromatic rings. The molecule has 0 radical (unpaired) electrons. The van der Waals surface area contributed by atoms with E-state index in [9.17, 15) is 24.1 Å².